The highest BCUT2D eigenvalue weighted by molar-refractivity contribution is 9.10. The van der Waals surface area contributed by atoms with Crippen LogP contribution < -0.4 is 5.32 Å². The number of halogens is 4. The van der Waals surface area contributed by atoms with Gasteiger partial charge in [0.15, 0.2) is 5.41 Å². The normalized spacial score (nSPS) is 22.7. The summed E-state index contributed by atoms with van der Waals surface area (Å²) in [7, 11) is 0. The van der Waals surface area contributed by atoms with Gasteiger partial charge in [0.05, 0.1) is 0 Å². The van der Waals surface area contributed by atoms with Crippen molar-refractivity contribution in [2.45, 2.75) is 18.0 Å². The summed E-state index contributed by atoms with van der Waals surface area (Å²) in [5.41, 5.74) is -1.76. The Bertz CT molecular complexity index is 635. The summed E-state index contributed by atoms with van der Waals surface area (Å²) in [5.74, 6) is -0.368. The van der Waals surface area contributed by atoms with Gasteiger partial charge in [-0.05, 0) is 41.0 Å². The fraction of sp³-hybridized carbons (Fsp3) is 0.417. The van der Waals surface area contributed by atoms with Crippen LogP contribution in [0.1, 0.15) is 12.3 Å². The smallest absolute Gasteiger partial charge is 0.338 e. The third kappa shape index (κ3) is 2.44. The van der Waals surface area contributed by atoms with E-state index in [1.807, 2.05) is 0 Å². The van der Waals surface area contributed by atoms with Crippen LogP contribution in [0.25, 0.3) is 11.5 Å². The topological polar surface area (TPSA) is 63.8 Å². The number of rotatable bonds is 2. The van der Waals surface area contributed by atoms with E-state index in [4.69, 9.17) is 4.52 Å². The minimum atomic E-state index is -4.45. The number of pyridine rings is 1. The van der Waals surface area contributed by atoms with Crippen molar-refractivity contribution in [3.63, 3.8) is 0 Å². The van der Waals surface area contributed by atoms with E-state index in [1.54, 1.807) is 12.1 Å². The fourth-order valence-corrected chi connectivity index (χ4v) is 2.50. The van der Waals surface area contributed by atoms with Crippen LogP contribution in [0, 0.1) is 0 Å². The second-order valence-corrected chi connectivity index (χ2v) is 5.71. The summed E-state index contributed by atoms with van der Waals surface area (Å²) in [4.78, 5) is 7.96. The average molecular weight is 363 g/mol. The Morgan fingerprint density at radius 3 is 2.71 bits per heavy atom. The van der Waals surface area contributed by atoms with Crippen LogP contribution in [-0.4, -0.2) is 34.4 Å². The monoisotopic (exact) mass is 362 g/mol. The number of nitrogens with one attached hydrogen (secondary N) is 1. The average Bonchev–Trinajstić information content (AvgIpc) is 3.08. The van der Waals surface area contributed by atoms with Crippen molar-refractivity contribution in [1.82, 2.24) is 20.4 Å². The molecule has 3 heterocycles. The van der Waals surface area contributed by atoms with Gasteiger partial charge < -0.3 is 9.84 Å². The lowest BCUT2D eigenvalue weighted by Crippen LogP contribution is -2.44. The minimum Gasteiger partial charge on any atom is -0.338 e. The largest absolute Gasteiger partial charge is 0.404 e. The molecule has 0 aromatic carbocycles. The van der Waals surface area contributed by atoms with Gasteiger partial charge in [0, 0.05) is 17.2 Å². The molecule has 5 nitrogen and oxygen atoms in total. The highest BCUT2D eigenvalue weighted by atomic mass is 79.9. The molecule has 1 N–H and O–H groups in total. The molecule has 0 radical (unpaired) electrons. The number of hydrogen-bond acceptors (Lipinski definition) is 5. The lowest BCUT2D eigenvalue weighted by Gasteiger charge is -2.26. The van der Waals surface area contributed by atoms with Gasteiger partial charge in [0.1, 0.15) is 5.69 Å². The highest BCUT2D eigenvalue weighted by Crippen LogP contribution is 2.44. The molecule has 1 unspecified atom stereocenters. The Hall–Kier alpha value is -1.48. The van der Waals surface area contributed by atoms with Gasteiger partial charge in [-0.3, -0.25) is 4.98 Å². The van der Waals surface area contributed by atoms with E-state index >= 15 is 0 Å². The molecular formula is C12H10BrF3N4O. The Labute approximate surface area is 126 Å². The van der Waals surface area contributed by atoms with Crippen molar-refractivity contribution in [2.75, 3.05) is 13.1 Å². The first-order chi connectivity index (χ1) is 9.92. The summed E-state index contributed by atoms with van der Waals surface area (Å²) in [6.07, 6.45) is -3.05. The zero-order valence-electron chi connectivity index (χ0n) is 10.6. The molecule has 1 aliphatic rings. The van der Waals surface area contributed by atoms with Crippen LogP contribution >= 0.6 is 15.9 Å². The maximum absolute atomic E-state index is 13.4. The molecule has 112 valence electrons. The maximum Gasteiger partial charge on any atom is 0.404 e. The van der Waals surface area contributed by atoms with Crippen LogP contribution in [0.15, 0.2) is 27.3 Å². The molecule has 9 heteroatoms. The van der Waals surface area contributed by atoms with Crippen molar-refractivity contribution in [1.29, 1.82) is 0 Å². The van der Waals surface area contributed by atoms with Crippen molar-refractivity contribution < 1.29 is 17.7 Å². The Balaban J connectivity index is 1.99. The molecule has 21 heavy (non-hydrogen) atoms. The molecule has 0 saturated carbocycles. The van der Waals surface area contributed by atoms with E-state index in [0.717, 1.165) is 4.47 Å². The number of alkyl halides is 3. The standard InChI is InChI=1S/C12H10BrF3N4O/c13-7-1-2-8(18-5-7)9-19-10(21-20-9)11(12(14,15)16)3-4-17-6-11/h1-2,5,17H,3-4,6H2. The van der Waals surface area contributed by atoms with Crippen molar-refractivity contribution in [3.8, 4) is 11.5 Å². The van der Waals surface area contributed by atoms with Crippen LogP contribution in [0.4, 0.5) is 13.2 Å². The van der Waals surface area contributed by atoms with E-state index in [0.29, 0.717) is 5.69 Å². The van der Waals surface area contributed by atoms with Gasteiger partial charge in [-0.1, -0.05) is 5.16 Å². The Morgan fingerprint density at radius 1 is 1.33 bits per heavy atom. The highest BCUT2D eigenvalue weighted by Gasteiger charge is 2.61. The molecule has 1 saturated heterocycles. The molecule has 3 rings (SSSR count). The molecule has 2 aromatic heterocycles. The van der Waals surface area contributed by atoms with Crippen LogP contribution in [0.3, 0.4) is 0 Å². The first-order valence-corrected chi connectivity index (χ1v) is 6.95. The van der Waals surface area contributed by atoms with E-state index in [-0.39, 0.29) is 25.3 Å². The fourth-order valence-electron chi connectivity index (χ4n) is 2.27. The zero-order chi connectivity index (χ0) is 15.1. The van der Waals surface area contributed by atoms with Crippen LogP contribution in [0.2, 0.25) is 0 Å². The number of aromatic nitrogens is 3. The first kappa shape index (κ1) is 14.5. The first-order valence-electron chi connectivity index (χ1n) is 6.16. The maximum atomic E-state index is 13.4. The number of hydrogen-bond donors (Lipinski definition) is 1. The van der Waals surface area contributed by atoms with Gasteiger partial charge in [0.25, 0.3) is 0 Å². The lowest BCUT2D eigenvalue weighted by atomic mass is 9.86. The van der Waals surface area contributed by atoms with Crippen molar-refractivity contribution >= 4 is 15.9 Å². The van der Waals surface area contributed by atoms with Gasteiger partial charge in [-0.15, -0.1) is 0 Å². The van der Waals surface area contributed by atoms with Gasteiger partial charge in [-0.2, -0.15) is 18.2 Å². The summed E-state index contributed by atoms with van der Waals surface area (Å²) in [6, 6.07) is 3.31. The SMILES string of the molecule is FC(F)(F)C1(c2nc(-c3ccc(Br)cn3)no2)CCNC1. The quantitative estimate of drug-likeness (QED) is 0.889. The van der Waals surface area contributed by atoms with Gasteiger partial charge in [-0.25, -0.2) is 0 Å². The Kier molecular flexibility index (Phi) is 3.48. The second-order valence-electron chi connectivity index (χ2n) is 4.79. The molecule has 0 bridgehead atoms. The second kappa shape index (κ2) is 5.06. The van der Waals surface area contributed by atoms with E-state index in [9.17, 15) is 13.2 Å². The minimum absolute atomic E-state index is 0.0491. The molecule has 0 aliphatic carbocycles. The van der Waals surface area contributed by atoms with E-state index in [2.05, 4.69) is 36.4 Å². The third-order valence-corrected chi connectivity index (χ3v) is 3.96. The van der Waals surface area contributed by atoms with Crippen LogP contribution in [0.5, 0.6) is 0 Å². The Morgan fingerprint density at radius 2 is 2.14 bits per heavy atom. The summed E-state index contributed by atoms with van der Waals surface area (Å²) in [6.45, 7) is -0.000340. The van der Waals surface area contributed by atoms with Gasteiger partial charge in [0.2, 0.25) is 11.7 Å². The molecule has 1 aliphatic heterocycles. The van der Waals surface area contributed by atoms with Crippen molar-refractivity contribution in [3.05, 3.63) is 28.7 Å². The molecular weight excluding hydrogens is 353 g/mol. The molecule has 0 amide bonds. The lowest BCUT2D eigenvalue weighted by molar-refractivity contribution is -0.191. The summed E-state index contributed by atoms with van der Waals surface area (Å²) >= 11 is 3.23. The van der Waals surface area contributed by atoms with E-state index < -0.39 is 17.5 Å². The number of nitrogens with zero attached hydrogens (tertiary/aromatic N) is 3. The zero-order valence-corrected chi connectivity index (χ0v) is 12.2. The van der Waals surface area contributed by atoms with Crippen molar-refractivity contribution in [2.24, 2.45) is 0 Å². The molecule has 1 atom stereocenters. The van der Waals surface area contributed by atoms with E-state index in [1.165, 1.54) is 6.20 Å². The molecule has 1 fully saturated rings. The predicted molar refractivity (Wildman–Crippen MR) is 70.4 cm³/mol. The predicted octanol–water partition coefficient (Wildman–Crippen LogP) is 2.69. The molecule has 0 spiro atoms. The summed E-state index contributed by atoms with van der Waals surface area (Å²) < 4.78 is 45.8. The van der Waals surface area contributed by atoms with Gasteiger partial charge >= 0.3 is 6.18 Å². The van der Waals surface area contributed by atoms with Crippen LogP contribution in [-0.2, 0) is 5.41 Å². The summed E-state index contributed by atoms with van der Waals surface area (Å²) in [5, 5.41) is 6.33. The third-order valence-electron chi connectivity index (χ3n) is 3.49. The molecule has 2 aromatic rings.